The summed E-state index contributed by atoms with van der Waals surface area (Å²) in [6.07, 6.45) is 5.21. The highest BCUT2D eigenvalue weighted by Crippen LogP contribution is 2.36. The van der Waals surface area contributed by atoms with E-state index in [2.05, 4.69) is 0 Å². The van der Waals surface area contributed by atoms with Gasteiger partial charge in [0.1, 0.15) is 13.2 Å². The normalized spacial score (nSPS) is 21.5. The molecule has 1 spiro atoms. The van der Waals surface area contributed by atoms with E-state index in [1.807, 2.05) is 23.1 Å². The number of thioether (sulfide) groups is 1. The van der Waals surface area contributed by atoms with Crippen LogP contribution in [0.3, 0.4) is 0 Å². The predicted molar refractivity (Wildman–Crippen MR) is 96.5 cm³/mol. The van der Waals surface area contributed by atoms with Crippen molar-refractivity contribution in [2.24, 2.45) is 0 Å². The fourth-order valence-electron chi connectivity index (χ4n) is 3.91. The van der Waals surface area contributed by atoms with Gasteiger partial charge in [-0.1, -0.05) is 12.8 Å². The second-order valence-electron chi connectivity index (χ2n) is 6.96. The van der Waals surface area contributed by atoms with Gasteiger partial charge in [-0.3, -0.25) is 4.79 Å². The number of nitrogens with zero attached hydrogens (tertiary/aromatic N) is 1. The van der Waals surface area contributed by atoms with Gasteiger partial charge in [0.25, 0.3) is 0 Å². The van der Waals surface area contributed by atoms with Crippen molar-refractivity contribution in [2.45, 2.75) is 42.6 Å². The minimum atomic E-state index is -0.0448. The number of morpholine rings is 1. The molecule has 1 amide bonds. The molecule has 4 rings (SSSR count). The van der Waals surface area contributed by atoms with Crippen LogP contribution in [-0.2, 0) is 9.53 Å². The minimum Gasteiger partial charge on any atom is -0.486 e. The molecule has 0 atom stereocenters. The third kappa shape index (κ3) is 3.90. The molecule has 2 aliphatic heterocycles. The zero-order chi connectivity index (χ0) is 17.1. The third-order valence-corrected chi connectivity index (χ3v) is 6.21. The molecule has 2 heterocycles. The van der Waals surface area contributed by atoms with E-state index < -0.39 is 0 Å². The Morgan fingerprint density at radius 3 is 2.76 bits per heavy atom. The van der Waals surface area contributed by atoms with Gasteiger partial charge in [-0.05, 0) is 31.0 Å². The number of hydrogen-bond donors (Lipinski definition) is 0. The van der Waals surface area contributed by atoms with Crippen LogP contribution in [0.25, 0.3) is 0 Å². The van der Waals surface area contributed by atoms with Crippen LogP contribution in [0.1, 0.15) is 32.1 Å². The largest absolute Gasteiger partial charge is 0.486 e. The van der Waals surface area contributed by atoms with E-state index in [0.29, 0.717) is 26.2 Å². The molecule has 25 heavy (non-hydrogen) atoms. The van der Waals surface area contributed by atoms with Gasteiger partial charge in [0, 0.05) is 30.2 Å². The van der Waals surface area contributed by atoms with E-state index in [-0.39, 0.29) is 11.5 Å². The number of amides is 1. The molecule has 0 radical (unpaired) electrons. The highest BCUT2D eigenvalue weighted by atomic mass is 32.2. The summed E-state index contributed by atoms with van der Waals surface area (Å²) in [4.78, 5) is 15.7. The molecule has 1 aliphatic carbocycles. The van der Waals surface area contributed by atoms with Gasteiger partial charge in [0.05, 0.1) is 12.2 Å². The van der Waals surface area contributed by atoms with Gasteiger partial charge in [-0.2, -0.15) is 0 Å². The van der Waals surface area contributed by atoms with Crippen molar-refractivity contribution < 1.29 is 19.0 Å². The summed E-state index contributed by atoms with van der Waals surface area (Å²) in [6, 6.07) is 5.99. The number of carbonyl (C=O) groups is 1. The van der Waals surface area contributed by atoms with Crippen molar-refractivity contribution in [1.82, 2.24) is 4.90 Å². The van der Waals surface area contributed by atoms with Crippen molar-refractivity contribution in [3.63, 3.8) is 0 Å². The van der Waals surface area contributed by atoms with Crippen LogP contribution in [0.4, 0.5) is 0 Å². The maximum absolute atomic E-state index is 12.6. The summed E-state index contributed by atoms with van der Waals surface area (Å²) in [5.41, 5.74) is -0.0448. The van der Waals surface area contributed by atoms with Gasteiger partial charge < -0.3 is 19.1 Å². The summed E-state index contributed by atoms with van der Waals surface area (Å²) >= 11 is 1.70. The van der Waals surface area contributed by atoms with Crippen molar-refractivity contribution in [2.75, 3.05) is 38.7 Å². The van der Waals surface area contributed by atoms with Gasteiger partial charge in [-0.15, -0.1) is 11.8 Å². The van der Waals surface area contributed by atoms with Gasteiger partial charge in [0.2, 0.25) is 5.91 Å². The highest BCUT2D eigenvalue weighted by Gasteiger charge is 2.40. The van der Waals surface area contributed by atoms with Crippen molar-refractivity contribution in [3.05, 3.63) is 18.2 Å². The Labute approximate surface area is 153 Å². The van der Waals surface area contributed by atoms with Gasteiger partial charge in [0.15, 0.2) is 11.5 Å². The standard InChI is InChI=1S/C19H25NO4S/c21-18(20-8-9-24-19(14-20)6-1-2-7-19)5-12-25-15-3-4-16-17(13-15)23-11-10-22-16/h3-4,13H,1-2,5-12,14H2. The predicted octanol–water partition coefficient (Wildman–Crippen LogP) is 3.11. The summed E-state index contributed by atoms with van der Waals surface area (Å²) in [5.74, 6) is 2.64. The molecule has 3 aliphatic rings. The average molecular weight is 363 g/mol. The molecule has 0 aromatic heterocycles. The average Bonchev–Trinajstić information content (AvgIpc) is 3.09. The van der Waals surface area contributed by atoms with E-state index in [1.54, 1.807) is 11.8 Å². The summed E-state index contributed by atoms with van der Waals surface area (Å²) in [5, 5.41) is 0. The van der Waals surface area contributed by atoms with Crippen molar-refractivity contribution >= 4 is 17.7 Å². The first kappa shape index (κ1) is 17.0. The number of hydrogen-bond acceptors (Lipinski definition) is 5. The lowest BCUT2D eigenvalue weighted by atomic mass is 9.99. The number of fused-ring (bicyclic) bond motifs is 1. The van der Waals surface area contributed by atoms with Crippen LogP contribution in [0.5, 0.6) is 11.5 Å². The molecule has 5 nitrogen and oxygen atoms in total. The van der Waals surface area contributed by atoms with Crippen LogP contribution in [0.2, 0.25) is 0 Å². The molecule has 2 fully saturated rings. The van der Waals surface area contributed by atoms with E-state index in [1.165, 1.54) is 12.8 Å². The Balaban J connectivity index is 1.27. The molecular formula is C19H25NO4S. The first-order chi connectivity index (χ1) is 12.2. The van der Waals surface area contributed by atoms with Crippen LogP contribution >= 0.6 is 11.8 Å². The molecular weight excluding hydrogens is 338 g/mol. The number of carbonyl (C=O) groups excluding carboxylic acids is 1. The quantitative estimate of drug-likeness (QED) is 0.770. The zero-order valence-corrected chi connectivity index (χ0v) is 15.3. The molecule has 6 heteroatoms. The summed E-state index contributed by atoms with van der Waals surface area (Å²) in [7, 11) is 0. The molecule has 1 saturated heterocycles. The lowest BCUT2D eigenvalue weighted by Crippen LogP contribution is -2.52. The van der Waals surface area contributed by atoms with Gasteiger partial charge in [-0.25, -0.2) is 0 Å². The fraction of sp³-hybridized carbons (Fsp3) is 0.632. The van der Waals surface area contributed by atoms with Gasteiger partial charge >= 0.3 is 0 Å². The SMILES string of the molecule is O=C(CCSc1ccc2c(c1)OCCO2)N1CCOC2(CCCC2)C1. The number of rotatable bonds is 4. The molecule has 1 aromatic rings. The summed E-state index contributed by atoms with van der Waals surface area (Å²) in [6.45, 7) is 3.39. The first-order valence-electron chi connectivity index (χ1n) is 9.18. The fourth-order valence-corrected chi connectivity index (χ4v) is 4.77. The highest BCUT2D eigenvalue weighted by molar-refractivity contribution is 7.99. The second kappa shape index (κ2) is 7.46. The lowest BCUT2D eigenvalue weighted by Gasteiger charge is -2.40. The van der Waals surface area contributed by atoms with Crippen LogP contribution in [-0.4, -0.2) is 55.1 Å². The Morgan fingerprint density at radius 2 is 1.92 bits per heavy atom. The molecule has 0 N–H and O–H groups in total. The maximum Gasteiger partial charge on any atom is 0.223 e. The third-order valence-electron chi connectivity index (χ3n) is 5.21. The Bertz CT molecular complexity index is 630. The smallest absolute Gasteiger partial charge is 0.223 e. The van der Waals surface area contributed by atoms with Crippen LogP contribution in [0.15, 0.2) is 23.1 Å². The van der Waals surface area contributed by atoms with E-state index in [4.69, 9.17) is 14.2 Å². The zero-order valence-electron chi connectivity index (χ0n) is 14.5. The van der Waals surface area contributed by atoms with Crippen molar-refractivity contribution in [1.29, 1.82) is 0 Å². The van der Waals surface area contributed by atoms with E-state index in [0.717, 1.165) is 48.1 Å². The minimum absolute atomic E-state index is 0.0448. The molecule has 1 saturated carbocycles. The second-order valence-corrected chi connectivity index (χ2v) is 8.13. The Kier molecular flexibility index (Phi) is 5.08. The topological polar surface area (TPSA) is 48.0 Å². The van der Waals surface area contributed by atoms with Crippen LogP contribution < -0.4 is 9.47 Å². The number of benzene rings is 1. The van der Waals surface area contributed by atoms with Crippen molar-refractivity contribution in [3.8, 4) is 11.5 Å². The van der Waals surface area contributed by atoms with Crippen LogP contribution in [0, 0.1) is 0 Å². The first-order valence-corrected chi connectivity index (χ1v) is 10.2. The molecule has 1 aromatic carbocycles. The summed E-state index contributed by atoms with van der Waals surface area (Å²) < 4.78 is 17.2. The monoisotopic (exact) mass is 363 g/mol. The molecule has 0 bridgehead atoms. The van der Waals surface area contributed by atoms with E-state index in [9.17, 15) is 4.79 Å². The molecule has 136 valence electrons. The Hall–Kier alpha value is -1.40. The number of ether oxygens (including phenoxy) is 3. The maximum atomic E-state index is 12.6. The Morgan fingerprint density at radius 1 is 1.12 bits per heavy atom. The molecule has 0 unspecified atom stereocenters. The van der Waals surface area contributed by atoms with E-state index >= 15 is 0 Å². The lowest BCUT2D eigenvalue weighted by molar-refractivity contribution is -0.149.